The number of likely N-dealkylation sites (N-methyl/N-ethyl adjacent to an activating group) is 1. The SMILES string of the molecule is CN=C(NCc1ccc(CN2CCCCC2)cc1)NCc1ccnc(N2CCN(C)CC2)c1.I. The average Bonchev–Trinajstić information content (AvgIpc) is 2.86. The number of guanidine groups is 1. The Morgan fingerprint density at radius 1 is 0.853 bits per heavy atom. The van der Waals surface area contributed by atoms with Gasteiger partial charge in [-0.1, -0.05) is 30.7 Å². The van der Waals surface area contributed by atoms with Gasteiger partial charge < -0.3 is 20.4 Å². The zero-order chi connectivity index (χ0) is 22.9. The van der Waals surface area contributed by atoms with Crippen molar-refractivity contribution in [2.45, 2.75) is 38.9 Å². The summed E-state index contributed by atoms with van der Waals surface area (Å²) in [5, 5.41) is 6.87. The van der Waals surface area contributed by atoms with E-state index in [1.807, 2.05) is 13.2 Å². The second kappa shape index (κ2) is 13.8. The van der Waals surface area contributed by atoms with Crippen molar-refractivity contribution in [2.24, 2.45) is 4.99 Å². The summed E-state index contributed by atoms with van der Waals surface area (Å²) in [5.41, 5.74) is 3.88. The van der Waals surface area contributed by atoms with Gasteiger partial charge in [-0.25, -0.2) is 4.98 Å². The molecule has 8 heteroatoms. The number of halogens is 1. The maximum atomic E-state index is 4.59. The van der Waals surface area contributed by atoms with Gasteiger partial charge in [-0.3, -0.25) is 9.89 Å². The maximum Gasteiger partial charge on any atom is 0.191 e. The Hall–Kier alpha value is -1.91. The van der Waals surface area contributed by atoms with Crippen LogP contribution in [0.25, 0.3) is 0 Å². The van der Waals surface area contributed by atoms with Crippen LogP contribution in [0.15, 0.2) is 47.6 Å². The van der Waals surface area contributed by atoms with E-state index >= 15 is 0 Å². The molecular weight excluding hydrogens is 537 g/mol. The normalized spacial score (nSPS) is 17.8. The first-order valence-electron chi connectivity index (χ1n) is 12.3. The van der Waals surface area contributed by atoms with Gasteiger partial charge in [0.15, 0.2) is 5.96 Å². The first-order valence-corrected chi connectivity index (χ1v) is 12.3. The summed E-state index contributed by atoms with van der Waals surface area (Å²) < 4.78 is 0. The molecule has 0 amide bonds. The molecule has 0 aliphatic carbocycles. The van der Waals surface area contributed by atoms with E-state index in [4.69, 9.17) is 0 Å². The highest BCUT2D eigenvalue weighted by Crippen LogP contribution is 2.15. The fourth-order valence-corrected chi connectivity index (χ4v) is 4.51. The van der Waals surface area contributed by atoms with Gasteiger partial charge in [0.2, 0.25) is 0 Å². The number of piperidine rings is 1. The molecule has 0 unspecified atom stereocenters. The van der Waals surface area contributed by atoms with Gasteiger partial charge in [0.25, 0.3) is 0 Å². The van der Waals surface area contributed by atoms with Gasteiger partial charge in [-0.15, -0.1) is 24.0 Å². The maximum absolute atomic E-state index is 4.59. The van der Waals surface area contributed by atoms with Crippen LogP contribution in [0.2, 0.25) is 0 Å². The number of anilines is 1. The second-order valence-corrected chi connectivity index (χ2v) is 9.25. The van der Waals surface area contributed by atoms with Gasteiger partial charge in [-0.05, 0) is 61.8 Å². The zero-order valence-corrected chi connectivity index (χ0v) is 23.0. The van der Waals surface area contributed by atoms with Crippen LogP contribution in [0.5, 0.6) is 0 Å². The highest BCUT2D eigenvalue weighted by atomic mass is 127. The molecule has 186 valence electrons. The van der Waals surface area contributed by atoms with E-state index in [1.54, 1.807) is 0 Å². The van der Waals surface area contributed by atoms with Crippen molar-refractivity contribution < 1.29 is 0 Å². The number of nitrogens with one attached hydrogen (secondary N) is 2. The number of pyridine rings is 1. The molecule has 2 fully saturated rings. The molecule has 0 saturated carbocycles. The van der Waals surface area contributed by atoms with Crippen LogP contribution in [-0.4, -0.2) is 74.1 Å². The Bertz CT molecular complexity index is 888. The highest BCUT2D eigenvalue weighted by Gasteiger charge is 2.15. The molecule has 2 aliphatic rings. The number of hydrogen-bond acceptors (Lipinski definition) is 5. The van der Waals surface area contributed by atoms with E-state index in [0.717, 1.165) is 57.6 Å². The van der Waals surface area contributed by atoms with Crippen molar-refractivity contribution in [1.29, 1.82) is 0 Å². The number of nitrogens with zero attached hydrogens (tertiary/aromatic N) is 5. The first-order chi connectivity index (χ1) is 16.2. The lowest BCUT2D eigenvalue weighted by molar-refractivity contribution is 0.221. The molecule has 4 rings (SSSR count). The molecule has 2 saturated heterocycles. The fraction of sp³-hybridized carbons (Fsp3) is 0.538. The molecule has 2 aliphatic heterocycles. The molecule has 2 N–H and O–H groups in total. The van der Waals surface area contributed by atoms with Gasteiger partial charge >= 0.3 is 0 Å². The van der Waals surface area contributed by atoms with E-state index in [1.165, 1.54) is 49.0 Å². The summed E-state index contributed by atoms with van der Waals surface area (Å²) in [6.45, 7) is 9.24. The van der Waals surface area contributed by atoms with Gasteiger partial charge in [0, 0.05) is 59.1 Å². The second-order valence-electron chi connectivity index (χ2n) is 9.25. The topological polar surface area (TPSA) is 59.0 Å². The summed E-state index contributed by atoms with van der Waals surface area (Å²) in [5.74, 6) is 1.88. The number of benzene rings is 1. The lowest BCUT2D eigenvalue weighted by Gasteiger charge is -2.33. The Labute approximate surface area is 222 Å². The Balaban J connectivity index is 0.00000324. The summed E-state index contributed by atoms with van der Waals surface area (Å²) in [4.78, 5) is 16.3. The molecule has 2 aromatic rings. The Kier molecular flexibility index (Phi) is 10.9. The molecule has 0 spiro atoms. The summed E-state index contributed by atoms with van der Waals surface area (Å²) >= 11 is 0. The molecule has 34 heavy (non-hydrogen) atoms. The molecular formula is C26H40IN7. The van der Waals surface area contributed by atoms with Gasteiger partial charge in [-0.2, -0.15) is 0 Å². The van der Waals surface area contributed by atoms with Crippen LogP contribution in [-0.2, 0) is 19.6 Å². The van der Waals surface area contributed by atoms with E-state index in [2.05, 4.69) is 78.8 Å². The van der Waals surface area contributed by atoms with E-state index < -0.39 is 0 Å². The average molecular weight is 578 g/mol. The number of hydrogen-bond donors (Lipinski definition) is 2. The molecule has 1 aromatic heterocycles. The van der Waals surface area contributed by atoms with Gasteiger partial charge in [0.1, 0.15) is 5.82 Å². The minimum absolute atomic E-state index is 0. The third-order valence-electron chi connectivity index (χ3n) is 6.66. The van der Waals surface area contributed by atoms with Crippen LogP contribution in [0, 0.1) is 0 Å². The minimum Gasteiger partial charge on any atom is -0.354 e. The van der Waals surface area contributed by atoms with Crippen molar-refractivity contribution in [2.75, 3.05) is 58.3 Å². The predicted molar refractivity (Wildman–Crippen MR) is 152 cm³/mol. The van der Waals surface area contributed by atoms with Crippen LogP contribution in [0.1, 0.15) is 36.0 Å². The standard InChI is InChI=1S/C26H39N7.HI/c1-27-26(29-19-22-6-8-23(9-7-22)21-32-12-4-3-5-13-32)30-20-24-10-11-28-25(18-24)33-16-14-31(2)15-17-33;/h6-11,18H,3-5,12-17,19-21H2,1-2H3,(H2,27,29,30);1H. The molecule has 0 bridgehead atoms. The predicted octanol–water partition coefficient (Wildman–Crippen LogP) is 3.30. The zero-order valence-electron chi connectivity index (χ0n) is 20.7. The van der Waals surface area contributed by atoms with Crippen molar-refractivity contribution in [1.82, 2.24) is 25.4 Å². The summed E-state index contributed by atoms with van der Waals surface area (Å²) in [6, 6.07) is 13.2. The molecule has 0 atom stereocenters. The number of likely N-dealkylation sites (tertiary alicyclic amines) is 1. The number of piperazine rings is 1. The third-order valence-corrected chi connectivity index (χ3v) is 6.66. The number of rotatable bonds is 7. The van der Waals surface area contributed by atoms with E-state index in [0.29, 0.717) is 0 Å². The number of aliphatic imine (C=N–C) groups is 1. The molecule has 3 heterocycles. The minimum atomic E-state index is 0. The third kappa shape index (κ3) is 8.09. The van der Waals surface area contributed by atoms with Crippen LogP contribution in [0.4, 0.5) is 5.82 Å². The van der Waals surface area contributed by atoms with Crippen LogP contribution >= 0.6 is 24.0 Å². The fourth-order valence-electron chi connectivity index (χ4n) is 4.51. The van der Waals surface area contributed by atoms with E-state index in [9.17, 15) is 0 Å². The quantitative estimate of drug-likeness (QED) is 0.300. The van der Waals surface area contributed by atoms with Gasteiger partial charge in [0.05, 0.1) is 0 Å². The Morgan fingerprint density at radius 3 is 2.18 bits per heavy atom. The van der Waals surface area contributed by atoms with Crippen LogP contribution in [0.3, 0.4) is 0 Å². The molecule has 1 aromatic carbocycles. The first kappa shape index (κ1) is 26.7. The monoisotopic (exact) mass is 577 g/mol. The highest BCUT2D eigenvalue weighted by molar-refractivity contribution is 14.0. The lowest BCUT2D eigenvalue weighted by atomic mass is 10.1. The van der Waals surface area contributed by atoms with Crippen molar-refractivity contribution in [3.8, 4) is 0 Å². The smallest absolute Gasteiger partial charge is 0.191 e. The van der Waals surface area contributed by atoms with Crippen molar-refractivity contribution >= 4 is 35.8 Å². The largest absolute Gasteiger partial charge is 0.354 e. The van der Waals surface area contributed by atoms with Crippen LogP contribution < -0.4 is 15.5 Å². The van der Waals surface area contributed by atoms with Crippen molar-refractivity contribution in [3.63, 3.8) is 0 Å². The molecule has 0 radical (unpaired) electrons. The van der Waals surface area contributed by atoms with Crippen molar-refractivity contribution in [3.05, 3.63) is 59.3 Å². The number of aromatic nitrogens is 1. The summed E-state index contributed by atoms with van der Waals surface area (Å²) in [6.07, 6.45) is 5.97. The lowest BCUT2D eigenvalue weighted by Crippen LogP contribution is -2.44. The molecule has 7 nitrogen and oxygen atoms in total. The Morgan fingerprint density at radius 2 is 1.50 bits per heavy atom. The van der Waals surface area contributed by atoms with E-state index in [-0.39, 0.29) is 24.0 Å². The summed E-state index contributed by atoms with van der Waals surface area (Å²) in [7, 11) is 3.99.